The van der Waals surface area contributed by atoms with E-state index in [1.165, 1.54) is 0 Å². The number of carboxylic acid groups (broad SMARTS) is 1. The Bertz CT molecular complexity index is 1870. The van der Waals surface area contributed by atoms with E-state index in [1.54, 1.807) is 12.1 Å². The van der Waals surface area contributed by atoms with Crippen LogP contribution in [0.3, 0.4) is 0 Å². The molecule has 0 aliphatic carbocycles. The van der Waals surface area contributed by atoms with Gasteiger partial charge in [0.05, 0.1) is 60.7 Å². The highest BCUT2D eigenvalue weighted by Crippen LogP contribution is 2.30. The predicted octanol–water partition coefficient (Wildman–Crippen LogP) is 4.87. The van der Waals surface area contributed by atoms with Gasteiger partial charge in [-0.1, -0.05) is 18.2 Å². The molecule has 11 nitrogen and oxygen atoms in total. The highest BCUT2D eigenvalue weighted by atomic mass is 16.5. The lowest BCUT2D eigenvalue weighted by Crippen LogP contribution is -2.35. The van der Waals surface area contributed by atoms with Gasteiger partial charge in [0.15, 0.2) is 0 Å². The molecule has 0 saturated carbocycles. The maximum atomic E-state index is 11.6. The molecule has 5 aromatic rings. The zero-order valence-electron chi connectivity index (χ0n) is 25.8. The van der Waals surface area contributed by atoms with E-state index in [0.29, 0.717) is 37.4 Å². The van der Waals surface area contributed by atoms with Gasteiger partial charge in [-0.05, 0) is 68.2 Å². The Balaban J connectivity index is 0.903. The summed E-state index contributed by atoms with van der Waals surface area (Å²) in [6.07, 6.45) is 5.08. The van der Waals surface area contributed by atoms with Crippen molar-refractivity contribution in [1.82, 2.24) is 29.2 Å². The van der Waals surface area contributed by atoms with Crippen molar-refractivity contribution in [2.24, 2.45) is 5.92 Å². The van der Waals surface area contributed by atoms with Gasteiger partial charge in [0.2, 0.25) is 5.88 Å². The molecule has 238 valence electrons. The second-order valence-corrected chi connectivity index (χ2v) is 12.8. The monoisotopic (exact) mass is 622 g/mol. The van der Waals surface area contributed by atoms with Gasteiger partial charge in [-0.15, -0.1) is 0 Å². The van der Waals surface area contributed by atoms with E-state index >= 15 is 0 Å². The number of aromatic nitrogens is 5. The number of carbonyl (C=O) groups is 1. The number of hydrogen-bond acceptors (Lipinski definition) is 8. The number of benzene rings is 2. The molecule has 0 spiro atoms. The van der Waals surface area contributed by atoms with E-state index in [0.717, 1.165) is 97.7 Å². The average molecular weight is 623 g/mol. The van der Waals surface area contributed by atoms with E-state index in [1.807, 2.05) is 24.4 Å². The van der Waals surface area contributed by atoms with Crippen LogP contribution in [0.5, 0.6) is 5.88 Å². The molecule has 3 saturated heterocycles. The van der Waals surface area contributed by atoms with Gasteiger partial charge in [-0.3, -0.25) is 9.58 Å². The summed E-state index contributed by atoms with van der Waals surface area (Å²) in [5.41, 5.74) is 5.24. The number of pyridine rings is 1. The Labute approximate surface area is 266 Å². The smallest absolute Gasteiger partial charge is 0.335 e. The minimum atomic E-state index is -0.929. The van der Waals surface area contributed by atoms with Crippen molar-refractivity contribution in [3.05, 3.63) is 83.4 Å². The number of aromatic carboxylic acids is 1. The number of imidazole rings is 1. The van der Waals surface area contributed by atoms with Gasteiger partial charge < -0.3 is 23.9 Å². The average Bonchev–Trinajstić information content (AvgIpc) is 3.59. The van der Waals surface area contributed by atoms with Gasteiger partial charge in [0, 0.05) is 42.1 Å². The molecule has 3 fully saturated rings. The highest BCUT2D eigenvalue weighted by Gasteiger charge is 2.26. The molecule has 8 rings (SSSR count). The second kappa shape index (κ2) is 12.5. The summed E-state index contributed by atoms with van der Waals surface area (Å²) in [4.78, 5) is 23.9. The Kier molecular flexibility index (Phi) is 7.89. The Hall–Kier alpha value is -4.32. The third-order valence-corrected chi connectivity index (χ3v) is 9.60. The van der Waals surface area contributed by atoms with Crippen molar-refractivity contribution in [2.45, 2.75) is 57.5 Å². The summed E-state index contributed by atoms with van der Waals surface area (Å²) in [6.45, 7) is 6.98. The van der Waals surface area contributed by atoms with Gasteiger partial charge in [0.25, 0.3) is 0 Å². The van der Waals surface area contributed by atoms with E-state index < -0.39 is 5.97 Å². The standard InChI is InChI=1S/C35H38N6O5/c42-35(43)26-6-7-30-32(15-26)40(18-28-10-13-45-28)33(37-30)19-39-11-8-25(9-12-39)29-2-1-3-34(38-29)46-22-23-4-5-27-16-36-41(31(27)14-23)17-24-20-44-21-24/h1-7,14-16,24-25,28H,8-13,17-22H2,(H,42,43)/t28-/m0/s1. The van der Waals surface area contributed by atoms with Crippen molar-refractivity contribution < 1.29 is 24.1 Å². The number of ether oxygens (including phenoxy) is 3. The Morgan fingerprint density at radius 3 is 2.61 bits per heavy atom. The molecule has 3 aliphatic heterocycles. The van der Waals surface area contributed by atoms with Crippen LogP contribution in [0, 0.1) is 5.92 Å². The number of likely N-dealkylation sites (tertiary alicyclic amines) is 1. The molecular formula is C35H38N6O5. The normalized spacial score (nSPS) is 19.3. The zero-order chi connectivity index (χ0) is 31.0. The van der Waals surface area contributed by atoms with Crippen LogP contribution in [-0.4, -0.2) is 79.3 Å². The molecule has 6 heterocycles. The van der Waals surface area contributed by atoms with Crippen LogP contribution in [0.2, 0.25) is 0 Å². The molecule has 0 radical (unpaired) electrons. The quantitative estimate of drug-likeness (QED) is 0.220. The lowest BCUT2D eigenvalue weighted by molar-refractivity contribution is -0.0592. The fourth-order valence-corrected chi connectivity index (χ4v) is 6.73. The molecule has 0 amide bonds. The highest BCUT2D eigenvalue weighted by molar-refractivity contribution is 5.92. The van der Waals surface area contributed by atoms with E-state index in [9.17, 15) is 9.90 Å². The molecule has 46 heavy (non-hydrogen) atoms. The Morgan fingerprint density at radius 1 is 0.978 bits per heavy atom. The number of carboxylic acids is 1. The van der Waals surface area contributed by atoms with Crippen LogP contribution >= 0.6 is 0 Å². The third kappa shape index (κ3) is 5.97. The maximum absolute atomic E-state index is 11.6. The lowest BCUT2D eigenvalue weighted by Gasteiger charge is -2.32. The number of fused-ring (bicyclic) bond motifs is 2. The van der Waals surface area contributed by atoms with Crippen molar-refractivity contribution in [3.8, 4) is 5.88 Å². The number of nitrogens with zero attached hydrogens (tertiary/aromatic N) is 6. The van der Waals surface area contributed by atoms with Gasteiger partial charge in [-0.25, -0.2) is 14.8 Å². The number of piperidine rings is 1. The van der Waals surface area contributed by atoms with Crippen LogP contribution < -0.4 is 4.74 Å². The second-order valence-electron chi connectivity index (χ2n) is 12.8. The van der Waals surface area contributed by atoms with Crippen LogP contribution in [0.4, 0.5) is 0 Å². The summed E-state index contributed by atoms with van der Waals surface area (Å²) >= 11 is 0. The van der Waals surface area contributed by atoms with E-state index in [2.05, 4.69) is 43.5 Å². The third-order valence-electron chi connectivity index (χ3n) is 9.60. The summed E-state index contributed by atoms with van der Waals surface area (Å²) < 4.78 is 21.5. The lowest BCUT2D eigenvalue weighted by atomic mass is 9.93. The summed E-state index contributed by atoms with van der Waals surface area (Å²) in [5.74, 6) is 1.57. The molecule has 2 aromatic carbocycles. The first-order valence-corrected chi connectivity index (χ1v) is 16.2. The molecule has 1 N–H and O–H groups in total. The number of hydrogen-bond donors (Lipinski definition) is 1. The maximum Gasteiger partial charge on any atom is 0.335 e. The topological polar surface area (TPSA) is 117 Å². The molecule has 0 bridgehead atoms. The first kappa shape index (κ1) is 29.1. The molecule has 0 unspecified atom stereocenters. The van der Waals surface area contributed by atoms with Crippen LogP contribution in [0.1, 0.15) is 52.6 Å². The van der Waals surface area contributed by atoms with Crippen LogP contribution in [-0.2, 0) is 35.7 Å². The van der Waals surface area contributed by atoms with Crippen molar-refractivity contribution in [1.29, 1.82) is 0 Å². The van der Waals surface area contributed by atoms with Crippen molar-refractivity contribution in [2.75, 3.05) is 32.9 Å². The summed E-state index contributed by atoms with van der Waals surface area (Å²) in [5, 5.41) is 15.3. The van der Waals surface area contributed by atoms with Crippen LogP contribution in [0.25, 0.3) is 21.9 Å². The van der Waals surface area contributed by atoms with Gasteiger partial charge >= 0.3 is 5.97 Å². The minimum absolute atomic E-state index is 0.148. The van der Waals surface area contributed by atoms with Gasteiger partial charge in [-0.2, -0.15) is 5.10 Å². The van der Waals surface area contributed by atoms with E-state index in [4.69, 9.17) is 24.2 Å². The first-order valence-electron chi connectivity index (χ1n) is 16.2. The van der Waals surface area contributed by atoms with Crippen molar-refractivity contribution >= 4 is 27.9 Å². The SMILES string of the molecule is O=C(O)c1ccc2nc(CN3CCC(c4cccc(OCc5ccc6cnn(CC7COC7)c6c5)n4)CC3)n(C[C@@H]3CCO3)c2c1. The predicted molar refractivity (Wildman–Crippen MR) is 171 cm³/mol. The molecule has 11 heteroatoms. The fourth-order valence-electron chi connectivity index (χ4n) is 6.73. The molecular weight excluding hydrogens is 584 g/mol. The molecule has 3 aliphatic rings. The van der Waals surface area contributed by atoms with Crippen molar-refractivity contribution in [3.63, 3.8) is 0 Å². The van der Waals surface area contributed by atoms with Crippen LogP contribution in [0.15, 0.2) is 60.8 Å². The zero-order valence-corrected chi connectivity index (χ0v) is 25.8. The number of rotatable bonds is 11. The fraction of sp³-hybridized carbons (Fsp3) is 0.429. The first-order chi connectivity index (χ1) is 22.6. The summed E-state index contributed by atoms with van der Waals surface area (Å²) in [6, 6.07) is 17.6. The summed E-state index contributed by atoms with van der Waals surface area (Å²) in [7, 11) is 0. The molecule has 1 atom stereocenters. The van der Waals surface area contributed by atoms with E-state index in [-0.39, 0.29) is 11.7 Å². The molecule has 3 aromatic heterocycles. The Morgan fingerprint density at radius 2 is 1.85 bits per heavy atom. The largest absolute Gasteiger partial charge is 0.478 e. The minimum Gasteiger partial charge on any atom is -0.478 e. The van der Waals surface area contributed by atoms with Gasteiger partial charge in [0.1, 0.15) is 12.4 Å².